The molecule has 0 aliphatic heterocycles. The molecule has 2 nitrogen and oxygen atoms in total. The Bertz CT molecular complexity index is 164. The fourth-order valence-electron chi connectivity index (χ4n) is 2.48. The minimum Gasteiger partial charge on any atom is -0.380 e. The number of rotatable bonds is 7. The molecule has 1 N–H and O–H groups in total. The molecule has 0 aromatic heterocycles. The van der Waals surface area contributed by atoms with Crippen molar-refractivity contribution in [2.75, 3.05) is 19.8 Å². The summed E-state index contributed by atoms with van der Waals surface area (Å²) < 4.78 is 5.57. The van der Waals surface area contributed by atoms with Gasteiger partial charge in [-0.15, -0.1) is 0 Å². The van der Waals surface area contributed by atoms with Gasteiger partial charge in [0.05, 0.1) is 6.61 Å². The van der Waals surface area contributed by atoms with E-state index in [9.17, 15) is 0 Å². The number of hydrogen-bond donors (Lipinski definition) is 1. The summed E-state index contributed by atoms with van der Waals surface area (Å²) in [6.07, 6.45) is 7.14. The van der Waals surface area contributed by atoms with Crippen molar-refractivity contribution in [1.82, 2.24) is 5.32 Å². The van der Waals surface area contributed by atoms with Crippen LogP contribution < -0.4 is 5.32 Å². The Morgan fingerprint density at radius 2 is 1.81 bits per heavy atom. The number of ether oxygens (including phenoxy) is 1. The first-order valence-electron chi connectivity index (χ1n) is 7.01. The van der Waals surface area contributed by atoms with Crippen molar-refractivity contribution in [1.29, 1.82) is 0 Å². The van der Waals surface area contributed by atoms with Crippen molar-refractivity contribution < 1.29 is 4.74 Å². The molecule has 0 aromatic rings. The van der Waals surface area contributed by atoms with E-state index in [1.807, 2.05) is 0 Å². The Morgan fingerprint density at radius 1 is 1.12 bits per heavy atom. The second-order valence-electron chi connectivity index (χ2n) is 5.61. The Kier molecular flexibility index (Phi) is 7.06. The van der Waals surface area contributed by atoms with E-state index in [1.54, 1.807) is 0 Å². The van der Waals surface area contributed by atoms with Crippen LogP contribution in [0.1, 0.15) is 52.9 Å². The Hall–Kier alpha value is -0.0800. The Labute approximate surface area is 101 Å². The third-order valence-electron chi connectivity index (χ3n) is 3.52. The maximum atomic E-state index is 5.57. The van der Waals surface area contributed by atoms with Gasteiger partial charge in [-0.25, -0.2) is 0 Å². The van der Waals surface area contributed by atoms with Gasteiger partial charge in [0.1, 0.15) is 0 Å². The average molecular weight is 227 g/mol. The van der Waals surface area contributed by atoms with Crippen LogP contribution in [0.25, 0.3) is 0 Å². The molecule has 1 aliphatic carbocycles. The van der Waals surface area contributed by atoms with Crippen molar-refractivity contribution in [3.8, 4) is 0 Å². The predicted molar refractivity (Wildman–Crippen MR) is 69.7 cm³/mol. The molecular formula is C14H29NO. The minimum absolute atomic E-state index is 0.649. The lowest BCUT2D eigenvalue weighted by molar-refractivity contribution is 0.108. The van der Waals surface area contributed by atoms with E-state index in [1.165, 1.54) is 32.1 Å². The molecule has 0 saturated heterocycles. The highest BCUT2D eigenvalue weighted by Crippen LogP contribution is 2.26. The SMILES string of the molecule is CC(C)COCCNC(C)C1CCCCC1. The molecule has 0 amide bonds. The summed E-state index contributed by atoms with van der Waals surface area (Å²) >= 11 is 0. The van der Waals surface area contributed by atoms with Gasteiger partial charge in [-0.3, -0.25) is 0 Å². The zero-order valence-electron chi connectivity index (χ0n) is 11.3. The highest BCUT2D eigenvalue weighted by Gasteiger charge is 2.18. The molecule has 16 heavy (non-hydrogen) atoms. The molecule has 1 saturated carbocycles. The van der Waals surface area contributed by atoms with Gasteiger partial charge in [-0.1, -0.05) is 33.1 Å². The summed E-state index contributed by atoms with van der Waals surface area (Å²) in [5.74, 6) is 1.55. The molecule has 0 bridgehead atoms. The molecule has 96 valence electrons. The number of nitrogens with one attached hydrogen (secondary N) is 1. The minimum atomic E-state index is 0.649. The van der Waals surface area contributed by atoms with Crippen molar-refractivity contribution in [3.63, 3.8) is 0 Å². The zero-order valence-corrected chi connectivity index (χ0v) is 11.3. The van der Waals surface area contributed by atoms with Crippen LogP contribution in [0.5, 0.6) is 0 Å². The lowest BCUT2D eigenvalue weighted by Crippen LogP contribution is -2.36. The summed E-state index contributed by atoms with van der Waals surface area (Å²) in [5, 5.41) is 3.60. The summed E-state index contributed by atoms with van der Waals surface area (Å²) in [7, 11) is 0. The maximum absolute atomic E-state index is 5.57. The molecule has 1 atom stereocenters. The molecule has 1 aliphatic rings. The quantitative estimate of drug-likeness (QED) is 0.674. The van der Waals surface area contributed by atoms with Crippen molar-refractivity contribution in [3.05, 3.63) is 0 Å². The largest absolute Gasteiger partial charge is 0.380 e. The zero-order chi connectivity index (χ0) is 11.8. The molecule has 1 unspecified atom stereocenters. The van der Waals surface area contributed by atoms with Crippen LogP contribution >= 0.6 is 0 Å². The first-order valence-corrected chi connectivity index (χ1v) is 7.01. The molecule has 2 heteroatoms. The van der Waals surface area contributed by atoms with E-state index in [-0.39, 0.29) is 0 Å². The molecular weight excluding hydrogens is 198 g/mol. The highest BCUT2D eigenvalue weighted by molar-refractivity contribution is 4.75. The van der Waals surface area contributed by atoms with Crippen molar-refractivity contribution >= 4 is 0 Å². The van der Waals surface area contributed by atoms with Crippen LogP contribution in [-0.2, 0) is 4.74 Å². The van der Waals surface area contributed by atoms with Crippen molar-refractivity contribution in [2.24, 2.45) is 11.8 Å². The van der Waals surface area contributed by atoms with Crippen LogP contribution in [0.3, 0.4) is 0 Å². The van der Waals surface area contributed by atoms with Crippen LogP contribution in [0.15, 0.2) is 0 Å². The summed E-state index contributed by atoms with van der Waals surface area (Å²) in [6, 6.07) is 0.669. The fraction of sp³-hybridized carbons (Fsp3) is 1.00. The second-order valence-corrected chi connectivity index (χ2v) is 5.61. The third kappa shape index (κ3) is 5.86. The standard InChI is InChI=1S/C14H29NO/c1-12(2)11-16-10-9-15-13(3)14-7-5-4-6-8-14/h12-15H,4-11H2,1-3H3. The van der Waals surface area contributed by atoms with Gasteiger partial charge >= 0.3 is 0 Å². The van der Waals surface area contributed by atoms with E-state index in [0.29, 0.717) is 12.0 Å². The van der Waals surface area contributed by atoms with Gasteiger partial charge in [-0.05, 0) is 31.6 Å². The van der Waals surface area contributed by atoms with E-state index in [4.69, 9.17) is 4.74 Å². The van der Waals surface area contributed by atoms with E-state index < -0.39 is 0 Å². The fourth-order valence-corrected chi connectivity index (χ4v) is 2.48. The van der Waals surface area contributed by atoms with Gasteiger partial charge in [-0.2, -0.15) is 0 Å². The van der Waals surface area contributed by atoms with Gasteiger partial charge in [0.2, 0.25) is 0 Å². The van der Waals surface area contributed by atoms with Gasteiger partial charge in [0.25, 0.3) is 0 Å². The molecule has 0 aromatic carbocycles. The van der Waals surface area contributed by atoms with E-state index in [2.05, 4.69) is 26.1 Å². The summed E-state index contributed by atoms with van der Waals surface area (Å²) in [6.45, 7) is 9.47. The van der Waals surface area contributed by atoms with Crippen LogP contribution in [0.2, 0.25) is 0 Å². The molecule has 0 heterocycles. The van der Waals surface area contributed by atoms with E-state index in [0.717, 1.165) is 25.7 Å². The van der Waals surface area contributed by atoms with Crippen LogP contribution in [0, 0.1) is 11.8 Å². The Morgan fingerprint density at radius 3 is 2.44 bits per heavy atom. The van der Waals surface area contributed by atoms with Crippen LogP contribution in [-0.4, -0.2) is 25.8 Å². The smallest absolute Gasteiger partial charge is 0.0591 e. The van der Waals surface area contributed by atoms with Crippen molar-refractivity contribution in [2.45, 2.75) is 58.9 Å². The summed E-state index contributed by atoms with van der Waals surface area (Å²) in [5.41, 5.74) is 0. The first-order chi connectivity index (χ1) is 7.70. The molecule has 1 rings (SSSR count). The first kappa shape index (κ1) is 14.0. The second kappa shape index (κ2) is 8.08. The Balaban J connectivity index is 1.98. The monoisotopic (exact) mass is 227 g/mol. The average Bonchev–Trinajstić information content (AvgIpc) is 2.29. The molecule has 1 fully saturated rings. The molecule has 0 spiro atoms. The van der Waals surface area contributed by atoms with Crippen LogP contribution in [0.4, 0.5) is 0 Å². The maximum Gasteiger partial charge on any atom is 0.0591 e. The lowest BCUT2D eigenvalue weighted by Gasteiger charge is -2.28. The third-order valence-corrected chi connectivity index (χ3v) is 3.52. The normalized spacial score (nSPS) is 20.2. The van der Waals surface area contributed by atoms with Gasteiger partial charge < -0.3 is 10.1 Å². The number of hydrogen-bond acceptors (Lipinski definition) is 2. The summed E-state index contributed by atoms with van der Waals surface area (Å²) in [4.78, 5) is 0. The topological polar surface area (TPSA) is 21.3 Å². The van der Waals surface area contributed by atoms with Gasteiger partial charge in [0, 0.05) is 19.2 Å². The highest BCUT2D eigenvalue weighted by atomic mass is 16.5. The van der Waals surface area contributed by atoms with Gasteiger partial charge in [0.15, 0.2) is 0 Å². The van der Waals surface area contributed by atoms with E-state index >= 15 is 0 Å². The predicted octanol–water partition coefficient (Wildman–Crippen LogP) is 3.22. The molecule has 0 radical (unpaired) electrons. The lowest BCUT2D eigenvalue weighted by atomic mass is 9.84.